The Hall–Kier alpha value is -4.88. The average molecular weight is 526 g/mol. The van der Waals surface area contributed by atoms with Crippen molar-refractivity contribution in [3.63, 3.8) is 0 Å². The smallest absolute Gasteiger partial charge is 0.0465 e. The van der Waals surface area contributed by atoms with E-state index in [4.69, 9.17) is 0 Å². The molecule has 1 nitrogen and oxygen atoms in total. The predicted molar refractivity (Wildman–Crippen MR) is 173 cm³/mol. The monoisotopic (exact) mass is 525 g/mol. The molecule has 0 saturated carbocycles. The molecule has 2 bridgehead atoms. The van der Waals surface area contributed by atoms with Crippen molar-refractivity contribution in [2.75, 3.05) is 4.90 Å². The Balaban J connectivity index is 1.34. The van der Waals surface area contributed by atoms with E-state index in [2.05, 4.69) is 158 Å². The third-order valence-corrected chi connectivity index (χ3v) is 9.09. The molecule has 196 valence electrons. The minimum Gasteiger partial charge on any atom is -0.310 e. The van der Waals surface area contributed by atoms with Crippen LogP contribution in [0.15, 0.2) is 145 Å². The number of fused-ring (bicyclic) bond motifs is 10. The van der Waals surface area contributed by atoms with Crippen molar-refractivity contribution >= 4 is 22.5 Å². The van der Waals surface area contributed by atoms with Crippen LogP contribution < -0.4 is 4.90 Å². The molecule has 0 amide bonds. The van der Waals surface area contributed by atoms with Gasteiger partial charge in [0.1, 0.15) is 0 Å². The maximum absolute atomic E-state index is 2.43. The van der Waals surface area contributed by atoms with E-state index < -0.39 is 0 Å². The molecule has 0 unspecified atom stereocenters. The molecule has 5 aromatic rings. The Labute approximate surface area is 242 Å². The molecule has 3 aliphatic carbocycles. The van der Waals surface area contributed by atoms with Crippen LogP contribution in [0.3, 0.4) is 0 Å². The van der Waals surface area contributed by atoms with Crippen LogP contribution in [0, 0.1) is 0 Å². The number of allylic oxidation sites excluding steroid dienone is 5. The molecule has 0 heterocycles. The zero-order valence-electron chi connectivity index (χ0n) is 23.4. The number of benzene rings is 5. The second-order valence-corrected chi connectivity index (χ2v) is 11.8. The van der Waals surface area contributed by atoms with Crippen LogP contribution >= 0.6 is 0 Å². The van der Waals surface area contributed by atoms with E-state index in [9.17, 15) is 0 Å². The average Bonchev–Trinajstić information content (AvgIpc) is 3.17. The second-order valence-electron chi connectivity index (χ2n) is 11.8. The summed E-state index contributed by atoms with van der Waals surface area (Å²) < 4.78 is 0. The van der Waals surface area contributed by atoms with Crippen LogP contribution in [-0.2, 0) is 5.41 Å². The summed E-state index contributed by atoms with van der Waals surface area (Å²) in [5.41, 5.74) is 16.9. The van der Waals surface area contributed by atoms with Gasteiger partial charge in [-0.05, 0) is 98.5 Å². The van der Waals surface area contributed by atoms with Crippen molar-refractivity contribution in [2.24, 2.45) is 0 Å². The topological polar surface area (TPSA) is 3.24 Å². The summed E-state index contributed by atoms with van der Waals surface area (Å²) in [5.74, 6) is 0. The number of hydrogen-bond acceptors (Lipinski definition) is 1. The summed E-state index contributed by atoms with van der Waals surface area (Å²) in [6.45, 7) is 4.71. The normalized spacial score (nSPS) is 15.6. The van der Waals surface area contributed by atoms with Crippen LogP contribution in [0.1, 0.15) is 42.5 Å². The molecule has 0 saturated heterocycles. The molecule has 0 aromatic heterocycles. The number of nitrogens with zero attached hydrogens (tertiary/aromatic N) is 1. The quantitative estimate of drug-likeness (QED) is 0.226. The highest BCUT2D eigenvalue weighted by Gasteiger charge is 2.36. The Morgan fingerprint density at radius 1 is 0.488 bits per heavy atom. The fraction of sp³-hybridized carbons (Fsp3) is 0.100. The summed E-state index contributed by atoms with van der Waals surface area (Å²) >= 11 is 0. The maximum atomic E-state index is 2.43. The van der Waals surface area contributed by atoms with E-state index in [0.717, 1.165) is 12.1 Å². The third-order valence-electron chi connectivity index (χ3n) is 9.09. The van der Waals surface area contributed by atoms with E-state index in [-0.39, 0.29) is 5.41 Å². The molecule has 0 N–H and O–H groups in total. The molecule has 1 heteroatoms. The van der Waals surface area contributed by atoms with Crippen molar-refractivity contribution in [2.45, 2.75) is 25.7 Å². The largest absolute Gasteiger partial charge is 0.310 e. The number of para-hydroxylation sites is 1. The number of anilines is 2. The summed E-state index contributed by atoms with van der Waals surface area (Å²) in [4.78, 5) is 2.43. The molecule has 0 atom stereocenters. The first kappa shape index (κ1) is 24.0. The maximum Gasteiger partial charge on any atom is 0.0465 e. The van der Waals surface area contributed by atoms with Gasteiger partial charge in [-0.3, -0.25) is 0 Å². The third kappa shape index (κ3) is 3.69. The first-order chi connectivity index (χ1) is 20.1. The van der Waals surface area contributed by atoms with Gasteiger partial charge < -0.3 is 4.90 Å². The van der Waals surface area contributed by atoms with Gasteiger partial charge in [0, 0.05) is 22.5 Å². The first-order valence-corrected chi connectivity index (χ1v) is 14.5. The van der Waals surface area contributed by atoms with Crippen LogP contribution in [0.5, 0.6) is 0 Å². The van der Waals surface area contributed by atoms with E-state index >= 15 is 0 Å². The lowest BCUT2D eigenvalue weighted by molar-refractivity contribution is 0.660. The molecule has 5 aromatic carbocycles. The molecule has 0 radical (unpaired) electrons. The summed E-state index contributed by atoms with van der Waals surface area (Å²) in [6, 6.07) is 44.4. The van der Waals surface area contributed by atoms with Crippen molar-refractivity contribution in [3.8, 4) is 22.3 Å². The number of hydrogen-bond donors (Lipinski definition) is 0. The van der Waals surface area contributed by atoms with Crippen molar-refractivity contribution in [1.82, 2.24) is 0 Å². The Morgan fingerprint density at radius 3 is 1.80 bits per heavy atom. The molecule has 41 heavy (non-hydrogen) atoms. The molecule has 3 aliphatic rings. The molecule has 0 spiro atoms. The lowest BCUT2D eigenvalue weighted by Crippen LogP contribution is -2.18. The van der Waals surface area contributed by atoms with Gasteiger partial charge in [-0.2, -0.15) is 0 Å². The lowest BCUT2D eigenvalue weighted by atomic mass is 9.82. The van der Waals surface area contributed by atoms with Crippen LogP contribution in [0.4, 0.5) is 11.4 Å². The van der Waals surface area contributed by atoms with Gasteiger partial charge in [-0.1, -0.05) is 117 Å². The molecular weight excluding hydrogens is 494 g/mol. The standard InChI is InChI=1S/C40H31N/c1-40(2)38-19-11-10-18-36(38)37-23-22-31(26-39(37)40)41(29-12-4-3-5-13-29)30-21-20-27-24-28(25-30)33-15-7-9-17-35(33)34-16-8-6-14-32(27)34/h3-23,25-26H,24H2,1-2H3. The van der Waals surface area contributed by atoms with Crippen molar-refractivity contribution < 1.29 is 0 Å². The summed E-state index contributed by atoms with van der Waals surface area (Å²) in [5, 5.41) is 0. The van der Waals surface area contributed by atoms with Crippen LogP contribution in [-0.4, -0.2) is 0 Å². The van der Waals surface area contributed by atoms with Crippen LogP contribution in [0.25, 0.3) is 33.4 Å². The van der Waals surface area contributed by atoms with Gasteiger partial charge >= 0.3 is 0 Å². The minimum atomic E-state index is -0.0559. The molecule has 0 fully saturated rings. The Kier molecular flexibility index (Phi) is 5.30. The Morgan fingerprint density at radius 2 is 1.07 bits per heavy atom. The predicted octanol–water partition coefficient (Wildman–Crippen LogP) is 10.6. The minimum absolute atomic E-state index is 0.0559. The van der Waals surface area contributed by atoms with Gasteiger partial charge in [-0.25, -0.2) is 0 Å². The van der Waals surface area contributed by atoms with Gasteiger partial charge in [0.15, 0.2) is 0 Å². The van der Waals surface area contributed by atoms with Gasteiger partial charge in [0.25, 0.3) is 0 Å². The van der Waals surface area contributed by atoms with Gasteiger partial charge in [0.05, 0.1) is 0 Å². The lowest BCUT2D eigenvalue weighted by Gasteiger charge is -2.29. The zero-order chi connectivity index (χ0) is 27.6. The second kappa shape index (κ2) is 9.08. The van der Waals surface area contributed by atoms with Gasteiger partial charge in [0.2, 0.25) is 0 Å². The SMILES string of the molecule is CC1(C)c2ccccc2-c2ccc(N(C3=CC=C4CC(=C3)c3ccccc3-c3ccccc34)c3ccccc3)cc21. The first-order valence-electron chi connectivity index (χ1n) is 14.5. The fourth-order valence-electron chi connectivity index (χ4n) is 7.08. The zero-order valence-corrected chi connectivity index (χ0v) is 23.4. The van der Waals surface area contributed by atoms with Crippen molar-refractivity contribution in [1.29, 1.82) is 0 Å². The highest BCUT2D eigenvalue weighted by atomic mass is 15.1. The van der Waals surface area contributed by atoms with E-state index in [1.165, 1.54) is 67.0 Å². The summed E-state index contributed by atoms with van der Waals surface area (Å²) in [6.07, 6.45) is 7.97. The van der Waals surface area contributed by atoms with E-state index in [1.54, 1.807) is 0 Å². The Bertz CT molecular complexity index is 1930. The molecule has 0 aliphatic heterocycles. The van der Waals surface area contributed by atoms with Crippen molar-refractivity contribution in [3.05, 3.63) is 168 Å². The van der Waals surface area contributed by atoms with E-state index in [1.807, 2.05) is 0 Å². The molecule has 8 rings (SSSR count). The molecular formula is C40H31N. The van der Waals surface area contributed by atoms with Gasteiger partial charge in [-0.15, -0.1) is 0 Å². The highest BCUT2D eigenvalue weighted by molar-refractivity contribution is 5.98. The summed E-state index contributed by atoms with van der Waals surface area (Å²) in [7, 11) is 0. The van der Waals surface area contributed by atoms with E-state index in [0.29, 0.717) is 0 Å². The highest BCUT2D eigenvalue weighted by Crippen LogP contribution is 2.51. The van der Waals surface area contributed by atoms with Crippen LogP contribution in [0.2, 0.25) is 0 Å². The fourth-order valence-corrected chi connectivity index (χ4v) is 7.08. The number of rotatable bonds is 3.